The zero-order chi connectivity index (χ0) is 47.1. The molecule has 0 aromatic heterocycles. The van der Waals surface area contributed by atoms with Gasteiger partial charge in [0.15, 0.2) is 13.6 Å². The zero-order valence-electron chi connectivity index (χ0n) is 37.5. The van der Waals surface area contributed by atoms with Crippen LogP contribution < -0.4 is 10.6 Å². The Morgan fingerprint density at radius 2 is 0.883 bits per heavy atom. The highest BCUT2D eigenvalue weighted by Crippen LogP contribution is 2.45. The third kappa shape index (κ3) is 43.2. The van der Waals surface area contributed by atoms with Crippen LogP contribution in [0.25, 0.3) is 0 Å². The van der Waals surface area contributed by atoms with E-state index in [1.165, 1.54) is 0 Å². The van der Waals surface area contributed by atoms with Gasteiger partial charge in [0, 0.05) is 56.5 Å². The highest BCUT2D eigenvalue weighted by atomic mass is 31.2. The molecule has 0 rings (SSSR count). The van der Waals surface area contributed by atoms with E-state index >= 15 is 0 Å². The third-order valence-electron chi connectivity index (χ3n) is 6.80. The summed E-state index contributed by atoms with van der Waals surface area (Å²) in [4.78, 5) is 73.1. The van der Waals surface area contributed by atoms with Crippen LogP contribution in [-0.2, 0) is 69.5 Å². The predicted octanol–water partition coefficient (Wildman–Crippen LogP) is 5.43. The van der Waals surface area contributed by atoms with Crippen molar-refractivity contribution >= 4 is 46.8 Å². The molecular weight excluding hydrogens is 857 g/mol. The number of nitrogens with one attached hydrogen (secondary N) is 2. The lowest BCUT2D eigenvalue weighted by atomic mass is 10.0. The summed E-state index contributed by atoms with van der Waals surface area (Å²) < 4.78 is 72.0. The van der Waals surface area contributed by atoms with E-state index in [0.29, 0.717) is 25.3 Å². The summed E-state index contributed by atoms with van der Waals surface area (Å²) >= 11 is 0. The van der Waals surface area contributed by atoms with E-state index in [9.17, 15) is 52.7 Å². The van der Waals surface area contributed by atoms with E-state index in [-0.39, 0.29) is 81.0 Å². The van der Waals surface area contributed by atoms with Crippen molar-refractivity contribution in [2.45, 2.75) is 134 Å². The van der Waals surface area contributed by atoms with E-state index < -0.39 is 61.3 Å². The van der Waals surface area contributed by atoms with Crippen LogP contribution in [0.4, 0.5) is 0 Å². The average Bonchev–Trinajstić information content (AvgIpc) is 3.09. The van der Waals surface area contributed by atoms with Crippen molar-refractivity contribution < 1.29 is 89.3 Å². The molecule has 0 heterocycles. The van der Waals surface area contributed by atoms with Crippen molar-refractivity contribution in [1.82, 2.24) is 10.6 Å². The van der Waals surface area contributed by atoms with Crippen LogP contribution in [0.5, 0.6) is 0 Å². The van der Waals surface area contributed by atoms with Crippen LogP contribution in [0, 0.1) is 23.7 Å². The first-order valence-corrected chi connectivity index (χ1v) is 24.3. The smallest absolute Gasteiger partial charge is 0.396 e. The van der Waals surface area contributed by atoms with Crippen molar-refractivity contribution in [1.29, 1.82) is 0 Å². The van der Waals surface area contributed by atoms with Gasteiger partial charge in [-0.2, -0.15) is 0 Å². The van der Waals surface area contributed by atoms with Gasteiger partial charge in [-0.3, -0.25) is 46.3 Å². The molecule has 2 amide bonds. The number of rotatable bonds is 32. The largest absolute Gasteiger partial charge is 0.474 e. The summed E-state index contributed by atoms with van der Waals surface area (Å²) in [6.07, 6.45) is 0.579. The van der Waals surface area contributed by atoms with Crippen molar-refractivity contribution in [2.75, 3.05) is 53.1 Å². The number of phosphoric ester groups is 3. The Labute approximate surface area is 356 Å². The molecule has 0 radical (unpaired) electrons. The second-order valence-electron chi connectivity index (χ2n) is 15.1. The molecule has 0 aliphatic carbocycles. The Balaban J connectivity index is -0.000000839. The van der Waals surface area contributed by atoms with Gasteiger partial charge in [0.1, 0.15) is 11.6 Å². The fourth-order valence-corrected chi connectivity index (χ4v) is 6.28. The third-order valence-corrected chi connectivity index (χ3v) is 10.2. The number of amides is 2. The van der Waals surface area contributed by atoms with Crippen LogP contribution in [0.15, 0.2) is 0 Å². The van der Waals surface area contributed by atoms with Gasteiger partial charge in [-0.1, -0.05) is 41.5 Å². The Morgan fingerprint density at radius 1 is 0.533 bits per heavy atom. The normalized spacial score (nSPS) is 15.1. The minimum atomic E-state index is -4.19. The number of ketones is 2. The van der Waals surface area contributed by atoms with E-state index in [1.807, 2.05) is 13.8 Å². The summed E-state index contributed by atoms with van der Waals surface area (Å²) in [5, 5.41) is 14.5. The van der Waals surface area contributed by atoms with Crippen LogP contribution in [0.2, 0.25) is 0 Å². The molecular formula is C36H75N2O19P3. The average molecular weight is 933 g/mol. The standard InChI is InChI=1S/C12H24NO6P.C12H23NO2.C12H28O11P2/c1-9(2)11(14)5-6-12(15)13-7-8-18-20(16,17)19-10(3)4;1-9(2)7-8-13-12(15)6-5-11(14)10(3)4;1-10(2)22-24(14,15)20-8-18-6-12(5-13)7-19-9-21-25(16,17)23-11(3)4/h9-10H,5-8H2,1-4H3,(H,13,15)(H,16,17);9-10H,5-8H2,1-4H3,(H,13,15);10-13H,5-9H2,1-4H3,(H,14,15)(H,16,17). The molecule has 0 saturated heterocycles. The van der Waals surface area contributed by atoms with E-state index in [0.717, 1.165) is 6.42 Å². The quantitative estimate of drug-likeness (QED) is 0.0278. The summed E-state index contributed by atoms with van der Waals surface area (Å²) in [5.74, 6) is -0.0589. The SMILES string of the molecule is CC(C)CCNC(=O)CCC(=O)C(C)C.CC(C)OP(=O)(O)OCCNC(=O)CCC(=O)C(C)C.CC(C)OP(=O)(O)OCOCC(CO)COCOP(=O)(O)OC(C)C. The van der Waals surface area contributed by atoms with Gasteiger partial charge in [-0.15, -0.1) is 0 Å². The van der Waals surface area contributed by atoms with Gasteiger partial charge < -0.3 is 39.9 Å². The van der Waals surface area contributed by atoms with Crippen LogP contribution >= 0.6 is 23.5 Å². The van der Waals surface area contributed by atoms with Crippen molar-refractivity contribution in [3.8, 4) is 0 Å². The molecule has 0 aliphatic heterocycles. The van der Waals surface area contributed by atoms with Crippen LogP contribution in [0.3, 0.4) is 0 Å². The first-order chi connectivity index (χ1) is 27.5. The topological polar surface area (TPSA) is 298 Å². The first-order valence-electron chi connectivity index (χ1n) is 19.9. The number of aliphatic hydroxyl groups is 1. The van der Waals surface area contributed by atoms with Crippen molar-refractivity contribution in [2.24, 2.45) is 23.7 Å². The zero-order valence-corrected chi connectivity index (χ0v) is 40.2. The molecule has 0 aromatic rings. The van der Waals surface area contributed by atoms with Gasteiger partial charge in [-0.25, -0.2) is 13.7 Å². The van der Waals surface area contributed by atoms with Gasteiger partial charge in [0.25, 0.3) is 0 Å². The highest BCUT2D eigenvalue weighted by Gasteiger charge is 2.25. The molecule has 0 aliphatic rings. The molecule has 60 heavy (non-hydrogen) atoms. The van der Waals surface area contributed by atoms with E-state index in [4.69, 9.17) is 9.47 Å². The first kappa shape index (κ1) is 62.8. The number of hydrogen-bond acceptors (Lipinski definition) is 16. The molecule has 0 bridgehead atoms. The monoisotopic (exact) mass is 932 g/mol. The summed E-state index contributed by atoms with van der Waals surface area (Å²) in [7, 11) is -12.4. The van der Waals surface area contributed by atoms with E-state index in [2.05, 4.69) is 51.6 Å². The molecule has 358 valence electrons. The molecule has 3 atom stereocenters. The van der Waals surface area contributed by atoms with E-state index in [1.54, 1.807) is 55.4 Å². The minimum Gasteiger partial charge on any atom is -0.396 e. The second-order valence-corrected chi connectivity index (χ2v) is 19.3. The van der Waals surface area contributed by atoms with Crippen molar-refractivity contribution in [3.63, 3.8) is 0 Å². The maximum Gasteiger partial charge on any atom is 0.474 e. The lowest BCUT2D eigenvalue weighted by Gasteiger charge is -2.18. The second kappa shape index (κ2) is 34.9. The number of carbonyl (C=O) groups excluding carboxylic acids is 4. The number of hydrogen-bond donors (Lipinski definition) is 6. The van der Waals surface area contributed by atoms with Crippen molar-refractivity contribution in [3.05, 3.63) is 0 Å². The lowest BCUT2D eigenvalue weighted by molar-refractivity contribution is -0.126. The highest BCUT2D eigenvalue weighted by molar-refractivity contribution is 7.47. The minimum absolute atomic E-state index is 0.00958. The maximum absolute atomic E-state index is 11.4. The summed E-state index contributed by atoms with van der Waals surface area (Å²) in [6.45, 7) is 20.3. The Bertz CT molecular complexity index is 1290. The van der Waals surface area contributed by atoms with Gasteiger partial charge >= 0.3 is 23.5 Å². The fraction of sp³-hybridized carbons (Fsp3) is 0.889. The number of phosphoric acid groups is 3. The maximum atomic E-state index is 11.4. The fourth-order valence-electron chi connectivity index (χ4n) is 3.76. The van der Waals surface area contributed by atoms with Gasteiger partial charge in [-0.05, 0) is 53.9 Å². The van der Waals surface area contributed by atoms with Gasteiger partial charge in [0.2, 0.25) is 11.8 Å². The van der Waals surface area contributed by atoms with Crippen LogP contribution in [-0.4, -0.2) is 115 Å². The molecule has 6 N–H and O–H groups in total. The number of carbonyl (C=O) groups is 4. The van der Waals surface area contributed by atoms with Gasteiger partial charge in [0.05, 0.1) is 44.7 Å². The molecule has 0 spiro atoms. The number of ether oxygens (including phenoxy) is 2. The van der Waals surface area contributed by atoms with Crippen LogP contribution in [0.1, 0.15) is 115 Å². The number of aliphatic hydroxyl groups excluding tert-OH is 1. The molecule has 0 aromatic carbocycles. The molecule has 21 nitrogen and oxygen atoms in total. The summed E-state index contributed by atoms with van der Waals surface area (Å²) in [6, 6.07) is 0. The Hall–Kier alpha value is -1.51. The lowest BCUT2D eigenvalue weighted by Crippen LogP contribution is -2.27. The predicted molar refractivity (Wildman–Crippen MR) is 222 cm³/mol. The summed E-state index contributed by atoms with van der Waals surface area (Å²) in [5.41, 5.74) is 0. The number of Topliss-reactive ketones (excluding diaryl/α,β-unsaturated/α-hetero) is 2. The Morgan fingerprint density at radius 3 is 1.20 bits per heavy atom. The molecule has 0 fully saturated rings. The molecule has 24 heteroatoms. The Kier molecular flexibility index (Phi) is 36.5. The molecule has 3 unspecified atom stereocenters. The molecule has 0 saturated carbocycles.